The molecule has 0 saturated carbocycles. The molecule has 0 amide bonds. The van der Waals surface area contributed by atoms with Crippen LogP contribution in [-0.4, -0.2) is 4.57 Å². The molecule has 0 unspecified atom stereocenters. The summed E-state index contributed by atoms with van der Waals surface area (Å²) in [6.07, 6.45) is 0. The molecule has 11 aromatic rings. The summed E-state index contributed by atoms with van der Waals surface area (Å²) in [5, 5.41) is 4.78. The molecule has 0 fully saturated rings. The van der Waals surface area contributed by atoms with Crippen LogP contribution in [-0.2, 0) is 0 Å². The molecule has 0 aliphatic heterocycles. The topological polar surface area (TPSA) is 21.3 Å². The van der Waals surface area contributed by atoms with Gasteiger partial charge in [-0.1, -0.05) is 121 Å². The van der Waals surface area contributed by atoms with E-state index in [0.29, 0.717) is 0 Å². The van der Waals surface area contributed by atoms with Crippen molar-refractivity contribution in [2.75, 3.05) is 4.90 Å². The average molecular weight is 729 g/mol. The van der Waals surface area contributed by atoms with E-state index in [2.05, 4.69) is 216 Å². The van der Waals surface area contributed by atoms with Crippen LogP contribution in [0.4, 0.5) is 17.1 Å². The van der Waals surface area contributed by atoms with Gasteiger partial charge in [0.1, 0.15) is 11.2 Å². The molecule has 3 heteroatoms. The minimum atomic E-state index is 0.897. The molecule has 57 heavy (non-hydrogen) atoms. The van der Waals surface area contributed by atoms with E-state index in [9.17, 15) is 0 Å². The molecule has 0 aliphatic carbocycles. The summed E-state index contributed by atoms with van der Waals surface area (Å²) >= 11 is 0. The zero-order chi connectivity index (χ0) is 37.7. The molecule has 2 aromatic heterocycles. The SMILES string of the molecule is c1ccc(N(c2ccccc2)c2ccc(-c3cc(-c4ccc(-n5c6ccccc6c6ccccc65)cc4)cc(-c4ccc5oc6ccccc6c5c4)c3)cc2)cc1. The molecule has 11 rings (SSSR count). The quantitative estimate of drug-likeness (QED) is 0.163. The maximum Gasteiger partial charge on any atom is 0.135 e. The number of aromatic nitrogens is 1. The Kier molecular flexibility index (Phi) is 7.82. The number of rotatable bonds is 7. The van der Waals surface area contributed by atoms with Gasteiger partial charge in [-0.15, -0.1) is 0 Å². The highest BCUT2D eigenvalue weighted by Crippen LogP contribution is 2.40. The first-order valence-electron chi connectivity index (χ1n) is 19.4. The molecule has 268 valence electrons. The lowest BCUT2D eigenvalue weighted by Gasteiger charge is -2.25. The van der Waals surface area contributed by atoms with Crippen LogP contribution in [0.3, 0.4) is 0 Å². The van der Waals surface area contributed by atoms with Crippen LogP contribution in [0.15, 0.2) is 223 Å². The number of nitrogens with zero attached hydrogens (tertiary/aromatic N) is 2. The number of hydrogen-bond donors (Lipinski definition) is 0. The van der Waals surface area contributed by atoms with Crippen LogP contribution in [0, 0.1) is 0 Å². The van der Waals surface area contributed by atoms with E-state index in [-0.39, 0.29) is 0 Å². The second kappa shape index (κ2) is 13.6. The number of fused-ring (bicyclic) bond motifs is 6. The molecular weight excluding hydrogens is 693 g/mol. The summed E-state index contributed by atoms with van der Waals surface area (Å²) in [4.78, 5) is 2.30. The van der Waals surface area contributed by atoms with E-state index in [4.69, 9.17) is 4.42 Å². The standard InChI is InChI=1S/C54H36N2O/c1-3-13-43(14-4-1)55(44-15-5-2-6-16-44)45-28-23-37(24-29-45)40-33-41(35-42(34-40)39-27-32-54-50(36-39)49-19-9-12-22-53(49)57-54)38-25-30-46(31-26-38)56-51-20-10-7-17-47(51)48-18-8-11-21-52(48)56/h1-36H. The fourth-order valence-electron chi connectivity index (χ4n) is 8.44. The summed E-state index contributed by atoms with van der Waals surface area (Å²) in [5.74, 6) is 0. The Bertz CT molecular complexity index is 3120. The largest absolute Gasteiger partial charge is 0.456 e. The number of hydrogen-bond acceptors (Lipinski definition) is 2. The molecule has 0 bridgehead atoms. The van der Waals surface area contributed by atoms with Crippen LogP contribution < -0.4 is 4.90 Å². The monoisotopic (exact) mass is 728 g/mol. The van der Waals surface area contributed by atoms with Crippen LogP contribution in [0.1, 0.15) is 0 Å². The average Bonchev–Trinajstić information content (AvgIpc) is 3.83. The minimum absolute atomic E-state index is 0.897. The van der Waals surface area contributed by atoms with Crippen molar-refractivity contribution in [3.05, 3.63) is 218 Å². The zero-order valence-corrected chi connectivity index (χ0v) is 31.1. The Balaban J connectivity index is 1.03. The minimum Gasteiger partial charge on any atom is -0.456 e. The van der Waals surface area contributed by atoms with Gasteiger partial charge in [-0.2, -0.15) is 0 Å². The van der Waals surface area contributed by atoms with Crippen molar-refractivity contribution in [2.24, 2.45) is 0 Å². The van der Waals surface area contributed by atoms with Crippen LogP contribution in [0.25, 0.3) is 82.8 Å². The first-order chi connectivity index (χ1) is 28.2. The van der Waals surface area contributed by atoms with Gasteiger partial charge < -0.3 is 13.9 Å². The van der Waals surface area contributed by atoms with E-state index in [1.807, 2.05) is 12.1 Å². The number of furan rings is 1. The van der Waals surface area contributed by atoms with Gasteiger partial charge in [0.05, 0.1) is 11.0 Å². The molecule has 0 atom stereocenters. The van der Waals surface area contributed by atoms with Crippen LogP contribution >= 0.6 is 0 Å². The van der Waals surface area contributed by atoms with Crippen molar-refractivity contribution in [3.63, 3.8) is 0 Å². The van der Waals surface area contributed by atoms with E-state index < -0.39 is 0 Å². The van der Waals surface area contributed by atoms with Gasteiger partial charge in [0, 0.05) is 44.3 Å². The molecule has 9 aromatic carbocycles. The van der Waals surface area contributed by atoms with Gasteiger partial charge in [0.25, 0.3) is 0 Å². The van der Waals surface area contributed by atoms with E-state index >= 15 is 0 Å². The molecule has 2 heterocycles. The smallest absolute Gasteiger partial charge is 0.135 e. The summed E-state index contributed by atoms with van der Waals surface area (Å²) in [6.45, 7) is 0. The fraction of sp³-hybridized carbons (Fsp3) is 0. The lowest BCUT2D eigenvalue weighted by Crippen LogP contribution is -2.09. The normalized spacial score (nSPS) is 11.5. The lowest BCUT2D eigenvalue weighted by molar-refractivity contribution is 0.669. The Morgan fingerprint density at radius 2 is 0.737 bits per heavy atom. The third-order valence-corrected chi connectivity index (χ3v) is 11.2. The number of para-hydroxylation sites is 5. The highest BCUT2D eigenvalue weighted by Gasteiger charge is 2.16. The van der Waals surface area contributed by atoms with Crippen LogP contribution in [0.2, 0.25) is 0 Å². The van der Waals surface area contributed by atoms with Gasteiger partial charge in [-0.25, -0.2) is 0 Å². The van der Waals surface area contributed by atoms with Gasteiger partial charge >= 0.3 is 0 Å². The van der Waals surface area contributed by atoms with Crippen molar-refractivity contribution in [1.82, 2.24) is 4.57 Å². The molecule has 0 saturated heterocycles. The van der Waals surface area contributed by atoms with Crippen LogP contribution in [0.5, 0.6) is 0 Å². The molecular formula is C54H36N2O. The third-order valence-electron chi connectivity index (χ3n) is 11.2. The predicted molar refractivity (Wildman–Crippen MR) is 239 cm³/mol. The van der Waals surface area contributed by atoms with Gasteiger partial charge in [0.2, 0.25) is 0 Å². The lowest BCUT2D eigenvalue weighted by atomic mass is 9.92. The van der Waals surface area contributed by atoms with Crippen molar-refractivity contribution in [3.8, 4) is 39.1 Å². The predicted octanol–water partition coefficient (Wildman–Crippen LogP) is 15.2. The first kappa shape index (κ1) is 32.8. The Labute approximate surface area is 330 Å². The highest BCUT2D eigenvalue weighted by molar-refractivity contribution is 6.09. The highest BCUT2D eigenvalue weighted by atomic mass is 16.3. The van der Waals surface area contributed by atoms with Crippen molar-refractivity contribution in [2.45, 2.75) is 0 Å². The first-order valence-corrected chi connectivity index (χ1v) is 19.4. The summed E-state index contributed by atoms with van der Waals surface area (Å²) in [7, 11) is 0. The molecule has 3 nitrogen and oxygen atoms in total. The maximum atomic E-state index is 6.21. The van der Waals surface area contributed by atoms with Crippen molar-refractivity contribution in [1.29, 1.82) is 0 Å². The third kappa shape index (κ3) is 5.76. The van der Waals surface area contributed by atoms with E-state index in [1.54, 1.807) is 0 Å². The Hall–Kier alpha value is -7.62. The fourth-order valence-corrected chi connectivity index (χ4v) is 8.44. The Morgan fingerprint density at radius 3 is 1.33 bits per heavy atom. The molecule has 0 radical (unpaired) electrons. The van der Waals surface area contributed by atoms with E-state index in [1.165, 1.54) is 21.8 Å². The second-order valence-electron chi connectivity index (χ2n) is 14.6. The van der Waals surface area contributed by atoms with Gasteiger partial charge in [-0.3, -0.25) is 0 Å². The number of benzene rings is 9. The summed E-state index contributed by atoms with van der Waals surface area (Å²) in [5.41, 5.74) is 15.6. The van der Waals surface area contributed by atoms with Gasteiger partial charge in [0.15, 0.2) is 0 Å². The molecule has 0 N–H and O–H groups in total. The summed E-state index contributed by atoms with van der Waals surface area (Å²) < 4.78 is 8.58. The zero-order valence-electron chi connectivity index (χ0n) is 31.1. The number of anilines is 3. The molecule has 0 spiro atoms. The van der Waals surface area contributed by atoms with Crippen molar-refractivity contribution < 1.29 is 4.42 Å². The van der Waals surface area contributed by atoms with Crippen molar-refractivity contribution >= 4 is 60.8 Å². The van der Waals surface area contributed by atoms with Gasteiger partial charge in [-0.05, 0) is 130 Å². The second-order valence-corrected chi connectivity index (χ2v) is 14.6. The maximum absolute atomic E-state index is 6.21. The van der Waals surface area contributed by atoms with E-state index in [0.717, 1.165) is 78.1 Å². The molecule has 0 aliphatic rings. The Morgan fingerprint density at radius 1 is 0.298 bits per heavy atom. The summed E-state index contributed by atoms with van der Waals surface area (Å²) in [6, 6.07) is 78.2.